The first-order valence-electron chi connectivity index (χ1n) is 5.88. The molecule has 2 rings (SSSR count). The van der Waals surface area contributed by atoms with Crippen molar-refractivity contribution in [2.24, 2.45) is 0 Å². The third kappa shape index (κ3) is 3.25. The number of halogens is 3. The summed E-state index contributed by atoms with van der Waals surface area (Å²) >= 11 is 0. The summed E-state index contributed by atoms with van der Waals surface area (Å²) in [6, 6.07) is 0. The largest absolute Gasteiger partial charge is 0.434 e. The zero-order valence-electron chi connectivity index (χ0n) is 11.2. The van der Waals surface area contributed by atoms with Crippen LogP contribution in [-0.4, -0.2) is 19.7 Å². The molecule has 2 aromatic heterocycles. The average molecular weight is 285 g/mol. The maximum absolute atomic E-state index is 12.5. The van der Waals surface area contributed by atoms with Crippen molar-refractivity contribution in [1.82, 2.24) is 19.7 Å². The molecule has 2 heterocycles. The smallest absolute Gasteiger partial charge is 0.336 e. The van der Waals surface area contributed by atoms with Gasteiger partial charge in [-0.2, -0.15) is 18.3 Å². The molecule has 0 atom stereocenters. The van der Waals surface area contributed by atoms with E-state index >= 15 is 0 Å². The van der Waals surface area contributed by atoms with Gasteiger partial charge in [0.2, 0.25) is 0 Å². The van der Waals surface area contributed by atoms with Crippen molar-refractivity contribution in [3.05, 3.63) is 30.5 Å². The maximum Gasteiger partial charge on any atom is 0.434 e. The summed E-state index contributed by atoms with van der Waals surface area (Å²) in [7, 11) is 0. The van der Waals surface area contributed by atoms with Gasteiger partial charge in [0, 0.05) is 6.20 Å². The highest BCUT2D eigenvalue weighted by atomic mass is 19.4. The van der Waals surface area contributed by atoms with E-state index in [-0.39, 0.29) is 11.4 Å². The van der Waals surface area contributed by atoms with Gasteiger partial charge in [-0.15, -0.1) is 0 Å². The third-order valence-corrected chi connectivity index (χ3v) is 2.47. The number of anilines is 2. The van der Waals surface area contributed by atoms with E-state index in [1.165, 1.54) is 12.4 Å². The molecule has 0 unspecified atom stereocenters. The molecule has 0 aliphatic rings. The normalized spacial score (nSPS) is 12.5. The van der Waals surface area contributed by atoms with Gasteiger partial charge in [-0.1, -0.05) is 0 Å². The standard InChI is InChI=1S/C12H14F3N5/c1-11(2,3)20-7-8(4-17-20)18-10-6-16-5-9(19-10)12(13,14)15/h4-7H,1-3H3,(H,18,19). The fraction of sp³-hybridized carbons (Fsp3) is 0.417. The first kappa shape index (κ1) is 14.3. The number of alkyl halides is 3. The molecule has 0 saturated carbocycles. The number of hydrogen-bond donors (Lipinski definition) is 1. The fourth-order valence-corrected chi connectivity index (χ4v) is 1.46. The Morgan fingerprint density at radius 1 is 1.10 bits per heavy atom. The van der Waals surface area contributed by atoms with Gasteiger partial charge < -0.3 is 5.32 Å². The number of hydrogen-bond acceptors (Lipinski definition) is 4. The Balaban J connectivity index is 2.20. The summed E-state index contributed by atoms with van der Waals surface area (Å²) in [5.74, 6) is 0.0216. The van der Waals surface area contributed by atoms with E-state index in [2.05, 4.69) is 20.4 Å². The molecule has 5 nitrogen and oxygen atoms in total. The van der Waals surface area contributed by atoms with Crippen molar-refractivity contribution in [1.29, 1.82) is 0 Å². The molecule has 0 amide bonds. The minimum atomic E-state index is -4.51. The molecular formula is C12H14F3N5. The predicted octanol–water partition coefficient (Wildman–Crippen LogP) is 3.19. The summed E-state index contributed by atoms with van der Waals surface area (Å²) < 4.78 is 39.3. The summed E-state index contributed by atoms with van der Waals surface area (Å²) in [5.41, 5.74) is -0.696. The van der Waals surface area contributed by atoms with Crippen LogP contribution < -0.4 is 5.32 Å². The van der Waals surface area contributed by atoms with Gasteiger partial charge in [-0.3, -0.25) is 9.67 Å². The quantitative estimate of drug-likeness (QED) is 0.920. The molecule has 0 bridgehead atoms. The molecule has 0 saturated heterocycles. The van der Waals surface area contributed by atoms with Crippen LogP contribution >= 0.6 is 0 Å². The first-order valence-corrected chi connectivity index (χ1v) is 5.88. The van der Waals surface area contributed by atoms with Crippen molar-refractivity contribution in [3.8, 4) is 0 Å². The Morgan fingerprint density at radius 3 is 2.35 bits per heavy atom. The molecular weight excluding hydrogens is 271 g/mol. The maximum atomic E-state index is 12.5. The second-order valence-electron chi connectivity index (χ2n) is 5.26. The van der Waals surface area contributed by atoms with Crippen molar-refractivity contribution in [3.63, 3.8) is 0 Å². The van der Waals surface area contributed by atoms with Crippen molar-refractivity contribution in [2.75, 3.05) is 5.32 Å². The Bertz CT molecular complexity index is 598. The third-order valence-electron chi connectivity index (χ3n) is 2.47. The van der Waals surface area contributed by atoms with Crippen LogP contribution in [0.1, 0.15) is 26.5 Å². The van der Waals surface area contributed by atoms with Crippen molar-refractivity contribution in [2.45, 2.75) is 32.5 Å². The molecule has 0 spiro atoms. The van der Waals surface area contributed by atoms with Gasteiger partial charge in [0.25, 0.3) is 0 Å². The van der Waals surface area contributed by atoms with Crippen LogP contribution in [0.4, 0.5) is 24.7 Å². The highest BCUT2D eigenvalue weighted by molar-refractivity contribution is 5.53. The van der Waals surface area contributed by atoms with Crippen LogP contribution in [0.5, 0.6) is 0 Å². The monoisotopic (exact) mass is 285 g/mol. The van der Waals surface area contributed by atoms with E-state index in [0.29, 0.717) is 11.9 Å². The molecule has 0 aliphatic heterocycles. The summed E-state index contributed by atoms with van der Waals surface area (Å²) in [6.45, 7) is 5.90. The van der Waals surface area contributed by atoms with Crippen LogP contribution in [0.2, 0.25) is 0 Å². The Hall–Kier alpha value is -2.12. The molecule has 2 aromatic rings. The van der Waals surface area contributed by atoms with E-state index in [1.807, 2.05) is 20.8 Å². The van der Waals surface area contributed by atoms with Crippen LogP contribution in [0, 0.1) is 0 Å². The van der Waals surface area contributed by atoms with Gasteiger partial charge in [0.15, 0.2) is 5.69 Å². The van der Waals surface area contributed by atoms with Crippen LogP contribution in [0.3, 0.4) is 0 Å². The highest BCUT2D eigenvalue weighted by Gasteiger charge is 2.33. The number of aromatic nitrogens is 4. The van der Waals surface area contributed by atoms with E-state index in [4.69, 9.17) is 0 Å². The first-order chi connectivity index (χ1) is 9.16. The SMILES string of the molecule is CC(C)(C)n1cc(Nc2cncc(C(F)(F)F)n2)cn1. The molecule has 8 heteroatoms. The number of rotatable bonds is 2. The lowest BCUT2D eigenvalue weighted by atomic mass is 10.1. The Labute approximate surface area is 113 Å². The van der Waals surface area contributed by atoms with Gasteiger partial charge in [-0.25, -0.2) is 4.98 Å². The summed E-state index contributed by atoms with van der Waals surface area (Å²) in [5, 5.41) is 6.89. The molecule has 0 radical (unpaired) electrons. The molecule has 0 aliphatic carbocycles. The van der Waals surface area contributed by atoms with Gasteiger partial charge in [-0.05, 0) is 20.8 Å². The minimum absolute atomic E-state index is 0.0216. The van der Waals surface area contributed by atoms with E-state index in [9.17, 15) is 13.2 Å². The van der Waals surface area contributed by atoms with E-state index in [0.717, 1.165) is 0 Å². The Morgan fingerprint density at radius 2 is 1.80 bits per heavy atom. The summed E-state index contributed by atoms with van der Waals surface area (Å²) in [6.07, 6.45) is 0.614. The Kier molecular flexibility index (Phi) is 3.41. The number of nitrogens with one attached hydrogen (secondary N) is 1. The minimum Gasteiger partial charge on any atom is -0.336 e. The molecule has 0 aromatic carbocycles. The second kappa shape index (κ2) is 4.77. The topological polar surface area (TPSA) is 55.6 Å². The average Bonchev–Trinajstić information content (AvgIpc) is 2.76. The zero-order valence-corrected chi connectivity index (χ0v) is 11.2. The molecule has 1 N–H and O–H groups in total. The van der Waals surface area contributed by atoms with E-state index in [1.54, 1.807) is 10.9 Å². The summed E-state index contributed by atoms with van der Waals surface area (Å²) in [4.78, 5) is 7.01. The van der Waals surface area contributed by atoms with Crippen molar-refractivity contribution >= 4 is 11.5 Å². The van der Waals surface area contributed by atoms with Crippen LogP contribution in [-0.2, 0) is 11.7 Å². The lowest BCUT2D eigenvalue weighted by Gasteiger charge is -2.18. The van der Waals surface area contributed by atoms with Crippen LogP contribution in [0.25, 0.3) is 0 Å². The van der Waals surface area contributed by atoms with Gasteiger partial charge in [0.1, 0.15) is 5.82 Å². The highest BCUT2D eigenvalue weighted by Crippen LogP contribution is 2.28. The molecule has 108 valence electrons. The van der Waals surface area contributed by atoms with Gasteiger partial charge in [0.05, 0.1) is 29.8 Å². The fourth-order valence-electron chi connectivity index (χ4n) is 1.46. The molecule has 20 heavy (non-hydrogen) atoms. The second-order valence-corrected chi connectivity index (χ2v) is 5.26. The molecule has 0 fully saturated rings. The van der Waals surface area contributed by atoms with E-state index < -0.39 is 11.9 Å². The van der Waals surface area contributed by atoms with Crippen molar-refractivity contribution < 1.29 is 13.2 Å². The van der Waals surface area contributed by atoms with Gasteiger partial charge >= 0.3 is 6.18 Å². The van der Waals surface area contributed by atoms with Crippen LogP contribution in [0.15, 0.2) is 24.8 Å². The zero-order chi connectivity index (χ0) is 15.0. The lowest BCUT2D eigenvalue weighted by Crippen LogP contribution is -2.21. The number of nitrogens with zero attached hydrogens (tertiary/aromatic N) is 4. The predicted molar refractivity (Wildman–Crippen MR) is 67.5 cm³/mol. The lowest BCUT2D eigenvalue weighted by molar-refractivity contribution is -0.141.